The summed E-state index contributed by atoms with van der Waals surface area (Å²) in [4.78, 5) is 24.5. The molecule has 0 aliphatic heterocycles. The average Bonchev–Trinajstić information content (AvgIpc) is 3.35. The minimum Gasteiger partial charge on any atom is -0.466 e. The van der Waals surface area contributed by atoms with Gasteiger partial charge >= 0.3 is 5.97 Å². The lowest BCUT2D eigenvalue weighted by Crippen LogP contribution is -2.45. The molecule has 0 saturated heterocycles. The van der Waals surface area contributed by atoms with Crippen molar-refractivity contribution in [3.05, 3.63) is 24.3 Å². The van der Waals surface area contributed by atoms with Crippen LogP contribution in [0.3, 0.4) is 0 Å². The van der Waals surface area contributed by atoms with Gasteiger partial charge in [-0.1, -0.05) is 276 Å². The van der Waals surface area contributed by atoms with Gasteiger partial charge < -0.3 is 20.3 Å². The summed E-state index contributed by atoms with van der Waals surface area (Å²) in [6.45, 7) is 4.96. The normalized spacial score (nSPS) is 12.7. The summed E-state index contributed by atoms with van der Waals surface area (Å²) in [7, 11) is 0. The molecule has 408 valence electrons. The van der Waals surface area contributed by atoms with Crippen LogP contribution in [-0.2, 0) is 14.3 Å². The monoisotopic (exact) mass is 972 g/mol. The Morgan fingerprint density at radius 3 is 1.03 bits per heavy atom. The molecule has 1 amide bonds. The highest BCUT2D eigenvalue weighted by molar-refractivity contribution is 5.76. The number of carbonyl (C=O) groups is 2. The largest absolute Gasteiger partial charge is 0.466 e. The van der Waals surface area contributed by atoms with Crippen molar-refractivity contribution in [3.63, 3.8) is 0 Å². The zero-order valence-electron chi connectivity index (χ0n) is 46.6. The molecule has 0 aromatic heterocycles. The molecule has 6 nitrogen and oxygen atoms in total. The summed E-state index contributed by atoms with van der Waals surface area (Å²) < 4.78 is 5.48. The number of hydrogen-bond donors (Lipinski definition) is 3. The van der Waals surface area contributed by atoms with Gasteiger partial charge in [-0.3, -0.25) is 9.59 Å². The van der Waals surface area contributed by atoms with Crippen LogP contribution in [0.25, 0.3) is 0 Å². The molecule has 69 heavy (non-hydrogen) atoms. The first-order valence-electron chi connectivity index (χ1n) is 31.1. The van der Waals surface area contributed by atoms with Crippen LogP contribution in [0.1, 0.15) is 341 Å². The van der Waals surface area contributed by atoms with Crippen molar-refractivity contribution in [2.24, 2.45) is 0 Å². The number of rotatable bonds is 58. The second-order valence-corrected chi connectivity index (χ2v) is 21.4. The Labute approximate surface area is 431 Å². The van der Waals surface area contributed by atoms with Crippen LogP contribution in [0.4, 0.5) is 0 Å². The number of carbonyl (C=O) groups excluding carboxylic acids is 2. The number of amides is 1. The third kappa shape index (κ3) is 55.5. The van der Waals surface area contributed by atoms with Gasteiger partial charge in [0.05, 0.1) is 25.4 Å². The molecule has 0 aliphatic carbocycles. The third-order valence-electron chi connectivity index (χ3n) is 14.5. The Morgan fingerprint density at radius 1 is 0.391 bits per heavy atom. The highest BCUT2D eigenvalue weighted by atomic mass is 16.5. The van der Waals surface area contributed by atoms with Crippen molar-refractivity contribution >= 4 is 11.9 Å². The second kappa shape index (κ2) is 58.9. The molecule has 0 aromatic rings. The number of hydrogen-bond acceptors (Lipinski definition) is 5. The summed E-state index contributed by atoms with van der Waals surface area (Å²) in [5, 5.41) is 23.3. The van der Waals surface area contributed by atoms with Crippen molar-refractivity contribution in [1.82, 2.24) is 5.32 Å². The first-order valence-corrected chi connectivity index (χ1v) is 31.1. The van der Waals surface area contributed by atoms with Crippen LogP contribution in [0, 0.1) is 0 Å². The number of allylic oxidation sites excluding steroid dienone is 4. The molecule has 0 spiro atoms. The maximum Gasteiger partial charge on any atom is 0.305 e. The van der Waals surface area contributed by atoms with Crippen molar-refractivity contribution < 1.29 is 24.5 Å². The summed E-state index contributed by atoms with van der Waals surface area (Å²) in [6, 6.07) is -0.546. The van der Waals surface area contributed by atoms with Crippen LogP contribution in [0.2, 0.25) is 0 Å². The predicted molar refractivity (Wildman–Crippen MR) is 301 cm³/mol. The summed E-state index contributed by atoms with van der Waals surface area (Å²) in [6.07, 6.45) is 71.8. The van der Waals surface area contributed by atoms with Crippen molar-refractivity contribution in [1.29, 1.82) is 0 Å². The second-order valence-electron chi connectivity index (χ2n) is 21.4. The van der Waals surface area contributed by atoms with Gasteiger partial charge in [0.15, 0.2) is 0 Å². The number of nitrogens with one attached hydrogen (secondary N) is 1. The van der Waals surface area contributed by atoms with E-state index in [0.717, 1.165) is 44.9 Å². The van der Waals surface area contributed by atoms with E-state index >= 15 is 0 Å². The fourth-order valence-electron chi connectivity index (χ4n) is 9.69. The topological polar surface area (TPSA) is 95.9 Å². The molecule has 0 heterocycles. The van der Waals surface area contributed by atoms with Crippen molar-refractivity contribution in [3.8, 4) is 0 Å². The van der Waals surface area contributed by atoms with E-state index in [4.69, 9.17) is 4.74 Å². The van der Waals surface area contributed by atoms with Gasteiger partial charge in [-0.15, -0.1) is 0 Å². The molecule has 0 bridgehead atoms. The van der Waals surface area contributed by atoms with Crippen LogP contribution < -0.4 is 5.32 Å². The fourth-order valence-corrected chi connectivity index (χ4v) is 9.69. The zero-order valence-corrected chi connectivity index (χ0v) is 46.6. The van der Waals surface area contributed by atoms with Gasteiger partial charge in [-0.25, -0.2) is 0 Å². The average molecular weight is 973 g/mol. The molecule has 0 rings (SSSR count). The standard InChI is InChI=1S/C63H121NO5/c1-3-5-7-9-11-13-15-17-19-29-33-37-41-45-49-53-57-63(68)69-58-54-50-46-42-38-34-30-27-25-23-21-20-22-24-26-28-32-36-40-44-48-52-56-62(67)64-60(59-65)61(66)55-51-47-43-39-35-31-18-16-14-12-10-8-6-4-2/h19,22,24,29,60-61,65-66H,3-18,20-21,23,25-28,30-59H2,1-2H3,(H,64,67)/b24-22-,29-19-. The maximum atomic E-state index is 12.5. The van der Waals surface area contributed by atoms with Crippen LogP contribution in [0.5, 0.6) is 0 Å². The lowest BCUT2D eigenvalue weighted by molar-refractivity contribution is -0.143. The van der Waals surface area contributed by atoms with Gasteiger partial charge in [-0.05, 0) is 77.0 Å². The van der Waals surface area contributed by atoms with Gasteiger partial charge in [0.2, 0.25) is 5.91 Å². The highest BCUT2D eigenvalue weighted by Crippen LogP contribution is 2.17. The molecule has 2 atom stereocenters. The lowest BCUT2D eigenvalue weighted by atomic mass is 10.0. The van der Waals surface area contributed by atoms with Gasteiger partial charge in [0.1, 0.15) is 0 Å². The minimum atomic E-state index is -0.668. The first-order chi connectivity index (χ1) is 34.0. The molecule has 2 unspecified atom stereocenters. The molecule has 0 radical (unpaired) electrons. The summed E-state index contributed by atoms with van der Waals surface area (Å²) >= 11 is 0. The van der Waals surface area contributed by atoms with Gasteiger partial charge in [0.25, 0.3) is 0 Å². The first kappa shape index (κ1) is 67.3. The van der Waals surface area contributed by atoms with Gasteiger partial charge in [0, 0.05) is 12.8 Å². The zero-order chi connectivity index (χ0) is 50.0. The van der Waals surface area contributed by atoms with Gasteiger partial charge in [-0.2, -0.15) is 0 Å². The van der Waals surface area contributed by atoms with E-state index < -0.39 is 12.1 Å². The molecule has 0 saturated carbocycles. The summed E-state index contributed by atoms with van der Waals surface area (Å²) in [5.41, 5.74) is 0. The Bertz CT molecular complexity index is 1080. The highest BCUT2D eigenvalue weighted by Gasteiger charge is 2.20. The SMILES string of the molecule is CCCCCCCCC/C=C\CCCCCCCC(=O)OCCCCCCCCCCCCC/C=C\CCCCCCCCCC(=O)NC(CO)C(O)CCCCCCCCCCCCCCCC. The Kier molecular flexibility index (Phi) is 57.5. The van der Waals surface area contributed by atoms with E-state index in [0.29, 0.717) is 25.9 Å². The van der Waals surface area contributed by atoms with E-state index in [1.54, 1.807) is 0 Å². The van der Waals surface area contributed by atoms with Crippen LogP contribution >= 0.6 is 0 Å². The van der Waals surface area contributed by atoms with E-state index in [1.807, 2.05) is 0 Å². The van der Waals surface area contributed by atoms with E-state index in [1.165, 1.54) is 263 Å². The Morgan fingerprint density at radius 2 is 0.681 bits per heavy atom. The number of ether oxygens (including phenoxy) is 1. The summed E-state index contributed by atoms with van der Waals surface area (Å²) in [5.74, 6) is -0.0377. The van der Waals surface area contributed by atoms with Crippen LogP contribution in [0.15, 0.2) is 24.3 Å². The Hall–Kier alpha value is -1.66. The number of esters is 1. The van der Waals surface area contributed by atoms with E-state index in [-0.39, 0.29) is 18.5 Å². The molecule has 6 heteroatoms. The lowest BCUT2D eigenvalue weighted by Gasteiger charge is -2.22. The fraction of sp³-hybridized carbons (Fsp3) is 0.905. The number of unbranched alkanes of at least 4 members (excludes halogenated alkanes) is 43. The number of aliphatic hydroxyl groups excluding tert-OH is 2. The molecular formula is C63H121NO5. The molecule has 0 aliphatic rings. The smallest absolute Gasteiger partial charge is 0.305 e. The van der Waals surface area contributed by atoms with Crippen LogP contribution in [-0.4, -0.2) is 47.4 Å². The minimum absolute atomic E-state index is 0.00295. The van der Waals surface area contributed by atoms with Crippen molar-refractivity contribution in [2.75, 3.05) is 13.2 Å². The van der Waals surface area contributed by atoms with E-state index in [2.05, 4.69) is 43.5 Å². The molecule has 3 N–H and O–H groups in total. The quantitative estimate of drug-likeness (QED) is 0.0321. The number of aliphatic hydroxyl groups is 2. The predicted octanol–water partition coefficient (Wildman–Crippen LogP) is 19.4. The molecule has 0 aromatic carbocycles. The maximum absolute atomic E-state index is 12.5. The molecule has 0 fully saturated rings. The molecular weight excluding hydrogens is 851 g/mol. The Balaban J connectivity index is 3.40. The third-order valence-corrected chi connectivity index (χ3v) is 14.5. The van der Waals surface area contributed by atoms with Crippen molar-refractivity contribution in [2.45, 2.75) is 353 Å². The van der Waals surface area contributed by atoms with E-state index in [9.17, 15) is 19.8 Å².